The average molecular weight is 579 g/mol. The molecule has 2 aliphatic rings. The number of phenols is 2. The van der Waals surface area contributed by atoms with Crippen molar-refractivity contribution < 1.29 is 38.1 Å². The van der Waals surface area contributed by atoms with E-state index < -0.39 is 23.5 Å². The summed E-state index contributed by atoms with van der Waals surface area (Å²) in [6, 6.07) is 17.0. The molecule has 0 fully saturated rings. The minimum absolute atomic E-state index is 0.0125. The van der Waals surface area contributed by atoms with E-state index in [1.807, 2.05) is 12.1 Å². The van der Waals surface area contributed by atoms with Gasteiger partial charge in [-0.15, -0.1) is 0 Å². The van der Waals surface area contributed by atoms with Crippen molar-refractivity contribution in [1.82, 2.24) is 0 Å². The van der Waals surface area contributed by atoms with Gasteiger partial charge in [0.15, 0.2) is 0 Å². The summed E-state index contributed by atoms with van der Waals surface area (Å²) < 4.78 is 28.0. The third-order valence-corrected chi connectivity index (χ3v) is 7.45. The summed E-state index contributed by atoms with van der Waals surface area (Å²) in [5.74, 6) is 0.291. The molecule has 7 rings (SSSR count). The second kappa shape index (κ2) is 9.95. The van der Waals surface area contributed by atoms with E-state index in [0.717, 1.165) is 5.56 Å². The largest absolute Gasteiger partial charge is 0.508 e. The first-order valence-electron chi connectivity index (χ1n) is 13.3. The number of fused-ring (bicyclic) bond motifs is 4. The zero-order valence-corrected chi connectivity index (χ0v) is 22.6. The maximum absolute atomic E-state index is 13.0. The SMILES string of the molecule is COC1=C2C=C(Cc3cc(=O)oc4ccc(O)cc34)C(=O)OC2Oc2ccc(Cc3cc(=O)oc4ccc(O)cc34)cc21. The molecule has 0 radical (unpaired) electrons. The first-order valence-corrected chi connectivity index (χ1v) is 13.3. The lowest BCUT2D eigenvalue weighted by molar-refractivity contribution is -0.155. The molecule has 3 aromatic carbocycles. The summed E-state index contributed by atoms with van der Waals surface area (Å²) in [6.45, 7) is 0. The number of hydrogen-bond donors (Lipinski definition) is 2. The number of methoxy groups -OCH3 is 1. The molecule has 214 valence electrons. The predicted octanol–water partition coefficient (Wildman–Crippen LogP) is 4.70. The molecular weight excluding hydrogens is 556 g/mol. The molecule has 10 nitrogen and oxygen atoms in total. The van der Waals surface area contributed by atoms with Gasteiger partial charge >= 0.3 is 17.2 Å². The molecular formula is C33H22O10. The Labute approximate surface area is 242 Å². The summed E-state index contributed by atoms with van der Waals surface area (Å²) in [6.07, 6.45) is 0.964. The van der Waals surface area contributed by atoms with Crippen LogP contribution in [0.2, 0.25) is 0 Å². The van der Waals surface area contributed by atoms with Crippen LogP contribution in [0, 0.1) is 0 Å². The molecule has 5 aromatic rings. The minimum atomic E-state index is -1.04. The molecule has 0 saturated carbocycles. The summed E-state index contributed by atoms with van der Waals surface area (Å²) in [5, 5.41) is 21.1. The first-order chi connectivity index (χ1) is 20.7. The Hall–Kier alpha value is -5.77. The molecule has 43 heavy (non-hydrogen) atoms. The van der Waals surface area contributed by atoms with E-state index in [1.165, 1.54) is 43.5 Å². The third kappa shape index (κ3) is 4.68. The van der Waals surface area contributed by atoms with Gasteiger partial charge < -0.3 is 33.3 Å². The van der Waals surface area contributed by atoms with Gasteiger partial charge in [0.1, 0.15) is 34.2 Å². The van der Waals surface area contributed by atoms with Crippen LogP contribution in [0.1, 0.15) is 22.3 Å². The fourth-order valence-electron chi connectivity index (χ4n) is 5.55. The molecule has 2 N–H and O–H groups in total. The van der Waals surface area contributed by atoms with E-state index in [0.29, 0.717) is 56.5 Å². The number of aromatic hydroxyl groups is 2. The Bertz CT molecular complexity index is 2170. The van der Waals surface area contributed by atoms with Crippen LogP contribution in [0.5, 0.6) is 17.2 Å². The van der Waals surface area contributed by atoms with Gasteiger partial charge in [-0.25, -0.2) is 14.4 Å². The van der Waals surface area contributed by atoms with Crippen molar-refractivity contribution in [3.05, 3.63) is 127 Å². The molecule has 0 saturated heterocycles. The second-order valence-electron chi connectivity index (χ2n) is 10.2. The van der Waals surface area contributed by atoms with E-state index in [1.54, 1.807) is 24.3 Å². The van der Waals surface area contributed by atoms with Gasteiger partial charge in [0.05, 0.1) is 18.2 Å². The van der Waals surface area contributed by atoms with Gasteiger partial charge in [-0.2, -0.15) is 0 Å². The molecule has 0 aliphatic carbocycles. The average Bonchev–Trinajstić information content (AvgIpc) is 2.97. The van der Waals surface area contributed by atoms with Crippen LogP contribution in [0.25, 0.3) is 27.7 Å². The standard InChI is InChI=1S/C33H22O10/c1-39-31-24-9-16(8-17-12-29(36)40-26-6-3-20(34)14-22(17)26)2-5-28(24)42-33-25(31)11-19(32(38)43-33)10-18-13-30(37)41-27-7-4-21(35)15-23(18)27/h2-7,9,11-15,33-35H,8,10H2,1H3. The molecule has 0 bridgehead atoms. The van der Waals surface area contributed by atoms with E-state index >= 15 is 0 Å². The third-order valence-electron chi connectivity index (χ3n) is 7.45. The highest BCUT2D eigenvalue weighted by atomic mass is 16.7. The molecule has 2 aromatic heterocycles. The maximum atomic E-state index is 13.0. The number of phenolic OH excluding ortho intramolecular Hbond substituents is 2. The van der Waals surface area contributed by atoms with Crippen LogP contribution in [0.15, 0.2) is 102 Å². The molecule has 2 aliphatic heterocycles. The molecule has 4 heterocycles. The number of hydrogen-bond acceptors (Lipinski definition) is 10. The van der Waals surface area contributed by atoms with Crippen LogP contribution < -0.4 is 16.0 Å². The zero-order chi connectivity index (χ0) is 29.8. The monoisotopic (exact) mass is 578 g/mol. The molecule has 0 amide bonds. The Morgan fingerprint density at radius 3 is 2.00 bits per heavy atom. The quantitative estimate of drug-likeness (QED) is 0.222. The van der Waals surface area contributed by atoms with Crippen LogP contribution in [-0.2, 0) is 27.1 Å². The van der Waals surface area contributed by atoms with Gasteiger partial charge in [-0.05, 0) is 77.7 Å². The number of ether oxygens (including phenoxy) is 3. The highest BCUT2D eigenvalue weighted by Gasteiger charge is 2.36. The van der Waals surface area contributed by atoms with Crippen molar-refractivity contribution in [2.45, 2.75) is 19.1 Å². The number of benzene rings is 3. The Kier molecular flexibility index (Phi) is 6.05. The van der Waals surface area contributed by atoms with Gasteiger partial charge in [-0.3, -0.25) is 0 Å². The molecule has 0 spiro atoms. The Balaban J connectivity index is 1.29. The summed E-state index contributed by atoms with van der Waals surface area (Å²) >= 11 is 0. The topological polar surface area (TPSA) is 146 Å². The highest BCUT2D eigenvalue weighted by molar-refractivity contribution is 5.94. The van der Waals surface area contributed by atoms with E-state index in [2.05, 4.69) is 0 Å². The van der Waals surface area contributed by atoms with Crippen LogP contribution in [-0.4, -0.2) is 29.6 Å². The first kappa shape index (κ1) is 26.1. The van der Waals surface area contributed by atoms with Crippen LogP contribution in [0.3, 0.4) is 0 Å². The van der Waals surface area contributed by atoms with E-state index in [-0.39, 0.29) is 29.1 Å². The highest BCUT2D eigenvalue weighted by Crippen LogP contribution is 2.41. The normalized spacial score (nSPS) is 15.9. The number of esters is 1. The lowest BCUT2D eigenvalue weighted by Crippen LogP contribution is -2.34. The van der Waals surface area contributed by atoms with Gasteiger partial charge in [0, 0.05) is 34.9 Å². The van der Waals surface area contributed by atoms with Gasteiger partial charge in [-0.1, -0.05) is 6.07 Å². The molecule has 10 heteroatoms. The fourth-order valence-corrected chi connectivity index (χ4v) is 5.55. The zero-order valence-electron chi connectivity index (χ0n) is 22.6. The van der Waals surface area contributed by atoms with Crippen LogP contribution in [0.4, 0.5) is 0 Å². The summed E-state index contributed by atoms with van der Waals surface area (Å²) in [4.78, 5) is 37.4. The number of carbonyl (C=O) groups excluding carboxylic acids is 1. The lowest BCUT2D eigenvalue weighted by Gasteiger charge is -2.32. The van der Waals surface area contributed by atoms with Gasteiger partial charge in [0.2, 0.25) is 0 Å². The number of carbonyl (C=O) groups is 1. The van der Waals surface area contributed by atoms with Crippen LogP contribution >= 0.6 is 0 Å². The van der Waals surface area contributed by atoms with Crippen molar-refractivity contribution in [3.63, 3.8) is 0 Å². The minimum Gasteiger partial charge on any atom is -0.508 e. The molecule has 1 unspecified atom stereocenters. The van der Waals surface area contributed by atoms with Crippen molar-refractivity contribution in [3.8, 4) is 17.2 Å². The Morgan fingerprint density at radius 1 is 0.744 bits per heavy atom. The van der Waals surface area contributed by atoms with Gasteiger partial charge in [0.25, 0.3) is 6.29 Å². The lowest BCUT2D eigenvalue weighted by atomic mass is 9.94. The Morgan fingerprint density at radius 2 is 1.37 bits per heavy atom. The smallest absolute Gasteiger partial charge is 0.337 e. The van der Waals surface area contributed by atoms with Crippen molar-refractivity contribution in [1.29, 1.82) is 0 Å². The molecule has 1 atom stereocenters. The van der Waals surface area contributed by atoms with E-state index in [4.69, 9.17) is 23.0 Å². The van der Waals surface area contributed by atoms with Crippen molar-refractivity contribution in [2.75, 3.05) is 7.11 Å². The number of rotatable bonds is 5. The fraction of sp³-hybridized carbons (Fsp3) is 0.121. The van der Waals surface area contributed by atoms with Crippen molar-refractivity contribution >= 4 is 33.7 Å². The summed E-state index contributed by atoms with van der Waals surface area (Å²) in [7, 11) is 1.50. The predicted molar refractivity (Wildman–Crippen MR) is 154 cm³/mol. The summed E-state index contributed by atoms with van der Waals surface area (Å²) in [5.41, 5.74) is 2.87. The second-order valence-corrected chi connectivity index (χ2v) is 10.2. The van der Waals surface area contributed by atoms with Crippen molar-refractivity contribution in [2.24, 2.45) is 0 Å². The maximum Gasteiger partial charge on any atom is 0.337 e. The van der Waals surface area contributed by atoms with E-state index in [9.17, 15) is 24.6 Å².